The summed E-state index contributed by atoms with van der Waals surface area (Å²) in [5.74, 6) is 0.195. The van der Waals surface area contributed by atoms with E-state index < -0.39 is 0 Å². The predicted molar refractivity (Wildman–Crippen MR) is 92.3 cm³/mol. The fraction of sp³-hybridized carbons (Fsp3) is 0.714. The Morgan fingerprint density at radius 3 is 2.96 bits per heavy atom. The number of carbonyl (C=O) groups is 2. The molecule has 0 aromatic carbocycles. The van der Waals surface area contributed by atoms with Crippen molar-refractivity contribution in [3.63, 3.8) is 0 Å². The van der Waals surface area contributed by atoms with Crippen LogP contribution in [0.4, 0.5) is 5.13 Å². The summed E-state index contributed by atoms with van der Waals surface area (Å²) in [6.45, 7) is 3.41. The molecule has 1 fully saturated rings. The molecule has 0 aliphatic carbocycles. The molecule has 24 heavy (non-hydrogen) atoms. The lowest BCUT2D eigenvalue weighted by Crippen LogP contribution is -2.38. The van der Waals surface area contributed by atoms with Gasteiger partial charge in [0.15, 0.2) is 4.34 Å². The highest BCUT2D eigenvalue weighted by Crippen LogP contribution is 2.27. The molecule has 1 saturated heterocycles. The number of ether oxygens (including phenoxy) is 2. The molecule has 0 unspecified atom stereocenters. The van der Waals surface area contributed by atoms with Crippen LogP contribution in [-0.2, 0) is 19.1 Å². The van der Waals surface area contributed by atoms with Gasteiger partial charge in [0.2, 0.25) is 16.9 Å². The maximum atomic E-state index is 12.3. The van der Waals surface area contributed by atoms with E-state index in [1.54, 1.807) is 19.1 Å². The van der Waals surface area contributed by atoms with Crippen molar-refractivity contribution >= 4 is 40.0 Å². The number of nitrogens with zero attached hydrogens (tertiary/aromatic N) is 3. The van der Waals surface area contributed by atoms with E-state index in [1.807, 2.05) is 6.92 Å². The van der Waals surface area contributed by atoms with E-state index >= 15 is 0 Å². The highest BCUT2D eigenvalue weighted by atomic mass is 32.2. The Morgan fingerprint density at radius 2 is 2.25 bits per heavy atom. The lowest BCUT2D eigenvalue weighted by Gasteiger charge is -2.23. The summed E-state index contributed by atoms with van der Waals surface area (Å²) in [6, 6.07) is -0.0365. The quantitative estimate of drug-likeness (QED) is 0.393. The summed E-state index contributed by atoms with van der Waals surface area (Å²) in [4.78, 5) is 26.1. The van der Waals surface area contributed by atoms with E-state index in [0.717, 1.165) is 10.1 Å². The summed E-state index contributed by atoms with van der Waals surface area (Å²) >= 11 is 2.85. The molecule has 0 saturated carbocycles. The molecule has 1 aliphatic heterocycles. The van der Waals surface area contributed by atoms with Crippen LogP contribution in [0.15, 0.2) is 4.34 Å². The molecule has 2 amide bonds. The number of hydrogen-bond acceptors (Lipinski definition) is 8. The predicted octanol–water partition coefficient (Wildman–Crippen LogP) is 1.10. The van der Waals surface area contributed by atoms with Gasteiger partial charge in [0, 0.05) is 32.9 Å². The van der Waals surface area contributed by atoms with Gasteiger partial charge in [-0.1, -0.05) is 23.1 Å². The topological polar surface area (TPSA) is 93.7 Å². The van der Waals surface area contributed by atoms with Crippen molar-refractivity contribution < 1.29 is 19.1 Å². The van der Waals surface area contributed by atoms with Gasteiger partial charge >= 0.3 is 0 Å². The second-order valence-electron chi connectivity index (χ2n) is 5.46. The highest BCUT2D eigenvalue weighted by molar-refractivity contribution is 8.01. The van der Waals surface area contributed by atoms with Gasteiger partial charge in [-0.15, -0.1) is 10.2 Å². The molecule has 2 atom stereocenters. The Morgan fingerprint density at radius 1 is 1.46 bits per heavy atom. The molecule has 1 aromatic heterocycles. The van der Waals surface area contributed by atoms with Crippen molar-refractivity contribution in [1.82, 2.24) is 15.1 Å². The first kappa shape index (κ1) is 19.1. The third-order valence-electron chi connectivity index (χ3n) is 3.62. The van der Waals surface area contributed by atoms with Gasteiger partial charge in [-0.25, -0.2) is 0 Å². The van der Waals surface area contributed by atoms with Crippen LogP contribution in [0.2, 0.25) is 0 Å². The van der Waals surface area contributed by atoms with Gasteiger partial charge in [-0.3, -0.25) is 9.59 Å². The van der Waals surface area contributed by atoms with E-state index in [1.165, 1.54) is 23.1 Å². The summed E-state index contributed by atoms with van der Waals surface area (Å²) in [7, 11) is 3.24. The number of aromatic nitrogens is 2. The van der Waals surface area contributed by atoms with Crippen molar-refractivity contribution in [3.05, 3.63) is 0 Å². The SMILES string of the molecule is COCCSc1nnc(NC(=O)[C@H]2CC(=O)N([C@@H](C)COC)C2)s1. The molecule has 2 rings (SSSR count). The molecule has 1 N–H and O–H groups in total. The molecule has 10 heteroatoms. The molecule has 1 aliphatic rings. The van der Waals surface area contributed by atoms with Crippen LogP contribution in [0.1, 0.15) is 13.3 Å². The first-order valence-electron chi connectivity index (χ1n) is 7.59. The second kappa shape index (κ2) is 9.30. The van der Waals surface area contributed by atoms with Crippen LogP contribution in [-0.4, -0.2) is 72.7 Å². The normalized spacial score (nSPS) is 18.9. The average molecular weight is 374 g/mol. The number of nitrogens with one attached hydrogen (secondary N) is 1. The number of likely N-dealkylation sites (tertiary alicyclic amines) is 1. The van der Waals surface area contributed by atoms with E-state index in [4.69, 9.17) is 9.47 Å². The Labute approximate surface area is 149 Å². The zero-order chi connectivity index (χ0) is 17.5. The lowest BCUT2D eigenvalue weighted by atomic mass is 10.1. The largest absolute Gasteiger partial charge is 0.384 e. The van der Waals surface area contributed by atoms with Crippen LogP contribution in [0.5, 0.6) is 0 Å². The fourth-order valence-electron chi connectivity index (χ4n) is 2.40. The molecule has 8 nitrogen and oxygen atoms in total. The fourth-order valence-corrected chi connectivity index (χ4v) is 4.13. The third-order valence-corrected chi connectivity index (χ3v) is 5.56. The zero-order valence-electron chi connectivity index (χ0n) is 14.0. The minimum Gasteiger partial charge on any atom is -0.384 e. The van der Waals surface area contributed by atoms with E-state index in [9.17, 15) is 9.59 Å². The molecule has 0 radical (unpaired) electrons. The van der Waals surface area contributed by atoms with Crippen LogP contribution in [0.3, 0.4) is 0 Å². The Balaban J connectivity index is 1.85. The van der Waals surface area contributed by atoms with Crippen LogP contribution in [0.25, 0.3) is 0 Å². The van der Waals surface area contributed by atoms with Crippen LogP contribution >= 0.6 is 23.1 Å². The van der Waals surface area contributed by atoms with E-state index in [2.05, 4.69) is 15.5 Å². The monoisotopic (exact) mass is 374 g/mol. The standard InChI is InChI=1S/C14H22N4O4S2/c1-9(8-22-3)18-7-10(6-11(18)19)12(20)15-13-16-17-14(24-13)23-5-4-21-2/h9-10H,4-8H2,1-3H3,(H,15,16,20)/t9-,10-/m0/s1. The van der Waals surface area contributed by atoms with Gasteiger partial charge in [0.1, 0.15) is 0 Å². The molecule has 0 bridgehead atoms. The number of anilines is 1. The van der Waals surface area contributed by atoms with Gasteiger partial charge in [-0.2, -0.15) is 0 Å². The van der Waals surface area contributed by atoms with Gasteiger partial charge in [-0.05, 0) is 6.92 Å². The first-order valence-corrected chi connectivity index (χ1v) is 9.39. The first-order chi connectivity index (χ1) is 11.5. The van der Waals surface area contributed by atoms with Crippen LogP contribution < -0.4 is 5.32 Å². The number of rotatable bonds is 9. The van der Waals surface area contributed by atoms with Crippen molar-refractivity contribution in [2.24, 2.45) is 5.92 Å². The summed E-state index contributed by atoms with van der Waals surface area (Å²) < 4.78 is 10.8. The molecule has 134 valence electrons. The van der Waals surface area contributed by atoms with Gasteiger partial charge in [0.25, 0.3) is 0 Å². The van der Waals surface area contributed by atoms with E-state index in [0.29, 0.717) is 24.9 Å². The number of hydrogen-bond donors (Lipinski definition) is 1. The number of carbonyl (C=O) groups excluding carboxylic acids is 2. The Hall–Kier alpha value is -1.23. The second-order valence-corrected chi connectivity index (χ2v) is 7.77. The minimum absolute atomic E-state index is 0.0206. The molecule has 1 aromatic rings. The Bertz CT molecular complexity index is 569. The maximum Gasteiger partial charge on any atom is 0.231 e. The van der Waals surface area contributed by atoms with Crippen molar-refractivity contribution in [2.75, 3.05) is 45.0 Å². The highest BCUT2D eigenvalue weighted by Gasteiger charge is 2.36. The summed E-state index contributed by atoms with van der Waals surface area (Å²) in [6.07, 6.45) is 0.216. The average Bonchev–Trinajstić information content (AvgIpc) is 3.14. The molecule has 0 spiro atoms. The minimum atomic E-state index is -0.370. The van der Waals surface area contributed by atoms with Crippen molar-refractivity contribution in [3.8, 4) is 0 Å². The lowest BCUT2D eigenvalue weighted by molar-refractivity contribution is -0.130. The van der Waals surface area contributed by atoms with E-state index in [-0.39, 0.29) is 30.2 Å². The zero-order valence-corrected chi connectivity index (χ0v) is 15.6. The van der Waals surface area contributed by atoms with Gasteiger partial charge < -0.3 is 19.7 Å². The summed E-state index contributed by atoms with van der Waals surface area (Å²) in [5.41, 5.74) is 0. The number of thioether (sulfide) groups is 1. The number of methoxy groups -OCH3 is 2. The third kappa shape index (κ3) is 5.13. The summed E-state index contributed by atoms with van der Waals surface area (Å²) in [5, 5.41) is 11.2. The smallest absolute Gasteiger partial charge is 0.231 e. The van der Waals surface area contributed by atoms with Gasteiger partial charge in [0.05, 0.1) is 25.2 Å². The Kier molecular flexibility index (Phi) is 7.40. The number of amides is 2. The molecule has 2 heterocycles. The van der Waals surface area contributed by atoms with Crippen LogP contribution in [0, 0.1) is 5.92 Å². The maximum absolute atomic E-state index is 12.3. The van der Waals surface area contributed by atoms with Crippen molar-refractivity contribution in [1.29, 1.82) is 0 Å². The molecular weight excluding hydrogens is 352 g/mol. The molecular formula is C14H22N4O4S2. The van der Waals surface area contributed by atoms with Crippen molar-refractivity contribution in [2.45, 2.75) is 23.7 Å².